The third kappa shape index (κ3) is 3.03. The van der Waals surface area contributed by atoms with Gasteiger partial charge >= 0.3 is 0 Å². The van der Waals surface area contributed by atoms with E-state index < -0.39 is 0 Å². The molecular formula is C20H23N5O. The summed E-state index contributed by atoms with van der Waals surface area (Å²) in [6.45, 7) is 3.96. The standard InChI is InChI=1S/C20H23N5O/c1-15-8-10-17(23(15)2)20(26)24-12-13-25-18(21-22-19(25)14-24)11-9-16-6-4-3-5-7-16/h3-8,10H,9,11-14H2,1-2H3. The second kappa shape index (κ2) is 6.78. The van der Waals surface area contributed by atoms with Crippen LogP contribution in [-0.2, 0) is 33.0 Å². The van der Waals surface area contributed by atoms with Gasteiger partial charge in [0.05, 0.1) is 6.54 Å². The molecule has 0 spiro atoms. The van der Waals surface area contributed by atoms with E-state index in [4.69, 9.17) is 0 Å². The molecule has 3 aromatic rings. The molecule has 2 aromatic heterocycles. The van der Waals surface area contributed by atoms with Gasteiger partial charge in [-0.2, -0.15) is 0 Å². The van der Waals surface area contributed by atoms with Crippen LogP contribution in [-0.4, -0.2) is 36.7 Å². The van der Waals surface area contributed by atoms with Gasteiger partial charge in [0.2, 0.25) is 0 Å². The lowest BCUT2D eigenvalue weighted by molar-refractivity contribution is 0.0696. The van der Waals surface area contributed by atoms with E-state index in [9.17, 15) is 4.79 Å². The van der Waals surface area contributed by atoms with E-state index in [0.29, 0.717) is 13.1 Å². The molecule has 6 heteroatoms. The fourth-order valence-corrected chi connectivity index (χ4v) is 3.47. The average Bonchev–Trinajstić information content (AvgIpc) is 3.23. The van der Waals surface area contributed by atoms with Crippen molar-refractivity contribution in [3.05, 3.63) is 71.1 Å². The number of hydrogen-bond acceptors (Lipinski definition) is 3. The van der Waals surface area contributed by atoms with Crippen molar-refractivity contribution in [2.24, 2.45) is 7.05 Å². The largest absolute Gasteiger partial charge is 0.344 e. The first-order valence-electron chi connectivity index (χ1n) is 9.00. The van der Waals surface area contributed by atoms with E-state index in [1.54, 1.807) is 0 Å². The van der Waals surface area contributed by atoms with Gasteiger partial charge < -0.3 is 14.0 Å². The first-order chi connectivity index (χ1) is 12.6. The zero-order chi connectivity index (χ0) is 18.1. The van der Waals surface area contributed by atoms with Gasteiger partial charge in [0, 0.05) is 32.3 Å². The zero-order valence-corrected chi connectivity index (χ0v) is 15.2. The maximum Gasteiger partial charge on any atom is 0.270 e. The highest BCUT2D eigenvalue weighted by Gasteiger charge is 2.26. The van der Waals surface area contributed by atoms with Gasteiger partial charge in [-0.3, -0.25) is 4.79 Å². The molecule has 134 valence electrons. The van der Waals surface area contributed by atoms with Crippen molar-refractivity contribution in [2.75, 3.05) is 6.54 Å². The summed E-state index contributed by atoms with van der Waals surface area (Å²) in [5.41, 5.74) is 3.10. The Morgan fingerprint density at radius 3 is 2.58 bits per heavy atom. The molecule has 1 amide bonds. The summed E-state index contributed by atoms with van der Waals surface area (Å²) >= 11 is 0. The van der Waals surface area contributed by atoms with Crippen molar-refractivity contribution >= 4 is 5.91 Å². The summed E-state index contributed by atoms with van der Waals surface area (Å²) in [6, 6.07) is 14.3. The quantitative estimate of drug-likeness (QED) is 0.727. The summed E-state index contributed by atoms with van der Waals surface area (Å²) in [5.74, 6) is 1.94. The molecule has 1 aliphatic heterocycles. The summed E-state index contributed by atoms with van der Waals surface area (Å²) in [5, 5.41) is 8.71. The van der Waals surface area contributed by atoms with E-state index in [1.165, 1.54) is 5.56 Å². The predicted octanol–water partition coefficient (Wildman–Crippen LogP) is 2.37. The van der Waals surface area contributed by atoms with Crippen molar-refractivity contribution in [3.63, 3.8) is 0 Å². The van der Waals surface area contributed by atoms with Crippen molar-refractivity contribution in [3.8, 4) is 0 Å². The Kier molecular flexibility index (Phi) is 4.32. The third-order valence-corrected chi connectivity index (χ3v) is 5.19. The molecule has 0 fully saturated rings. The SMILES string of the molecule is Cc1ccc(C(=O)N2CCn3c(CCc4ccccc4)nnc3C2)n1C. The molecule has 0 N–H and O–H groups in total. The van der Waals surface area contributed by atoms with Crippen molar-refractivity contribution in [2.45, 2.75) is 32.9 Å². The molecule has 4 rings (SSSR count). The summed E-state index contributed by atoms with van der Waals surface area (Å²) in [6.07, 6.45) is 1.81. The third-order valence-electron chi connectivity index (χ3n) is 5.19. The monoisotopic (exact) mass is 349 g/mol. The highest BCUT2D eigenvalue weighted by molar-refractivity contribution is 5.93. The van der Waals surface area contributed by atoms with Gasteiger partial charge in [-0.1, -0.05) is 30.3 Å². The highest BCUT2D eigenvalue weighted by Crippen LogP contribution is 2.17. The van der Waals surface area contributed by atoms with E-state index in [2.05, 4.69) is 39.0 Å². The lowest BCUT2D eigenvalue weighted by Gasteiger charge is -2.28. The van der Waals surface area contributed by atoms with Gasteiger partial charge in [-0.05, 0) is 31.0 Å². The maximum atomic E-state index is 12.8. The number of carbonyl (C=O) groups excluding carboxylic acids is 1. The Balaban J connectivity index is 1.46. The van der Waals surface area contributed by atoms with Gasteiger partial charge in [-0.15, -0.1) is 10.2 Å². The molecule has 0 bridgehead atoms. The number of aryl methyl sites for hydroxylation is 3. The predicted molar refractivity (Wildman–Crippen MR) is 98.8 cm³/mol. The molecule has 0 saturated carbocycles. The van der Waals surface area contributed by atoms with Crippen LogP contribution in [0.15, 0.2) is 42.5 Å². The average molecular weight is 349 g/mol. The van der Waals surface area contributed by atoms with Crippen molar-refractivity contribution in [1.29, 1.82) is 0 Å². The topological polar surface area (TPSA) is 56.0 Å². The smallest absolute Gasteiger partial charge is 0.270 e. The molecule has 1 aromatic carbocycles. The van der Waals surface area contributed by atoms with E-state index in [0.717, 1.165) is 42.4 Å². The van der Waals surface area contributed by atoms with E-state index in [1.807, 2.05) is 41.6 Å². The molecule has 6 nitrogen and oxygen atoms in total. The van der Waals surface area contributed by atoms with Crippen LogP contribution in [0.5, 0.6) is 0 Å². The fourth-order valence-electron chi connectivity index (χ4n) is 3.47. The lowest BCUT2D eigenvalue weighted by atomic mass is 10.1. The molecule has 0 unspecified atom stereocenters. The molecule has 0 radical (unpaired) electrons. The number of carbonyl (C=O) groups is 1. The second-order valence-electron chi connectivity index (χ2n) is 6.82. The van der Waals surface area contributed by atoms with Gasteiger partial charge in [0.25, 0.3) is 5.91 Å². The minimum atomic E-state index is 0.0562. The van der Waals surface area contributed by atoms with Gasteiger partial charge in [0.1, 0.15) is 11.5 Å². The number of aromatic nitrogens is 4. The molecule has 0 aliphatic carbocycles. The lowest BCUT2D eigenvalue weighted by Crippen LogP contribution is -2.39. The molecule has 0 saturated heterocycles. The van der Waals surface area contributed by atoms with Gasteiger partial charge in [-0.25, -0.2) is 0 Å². The molecule has 1 aliphatic rings. The number of fused-ring (bicyclic) bond motifs is 1. The molecule has 26 heavy (non-hydrogen) atoms. The first-order valence-corrected chi connectivity index (χ1v) is 9.00. The van der Waals surface area contributed by atoms with Crippen LogP contribution in [0.1, 0.15) is 33.4 Å². The fraction of sp³-hybridized carbons (Fsp3) is 0.350. The Labute approximate surface area is 153 Å². The van der Waals surface area contributed by atoms with Crippen LogP contribution in [0.2, 0.25) is 0 Å². The Bertz CT molecular complexity index is 925. The Morgan fingerprint density at radius 1 is 1.04 bits per heavy atom. The van der Waals surface area contributed by atoms with Crippen LogP contribution in [0.25, 0.3) is 0 Å². The van der Waals surface area contributed by atoms with Crippen LogP contribution in [0.4, 0.5) is 0 Å². The summed E-state index contributed by atoms with van der Waals surface area (Å²) in [4.78, 5) is 14.7. The summed E-state index contributed by atoms with van der Waals surface area (Å²) in [7, 11) is 1.93. The van der Waals surface area contributed by atoms with Crippen LogP contribution in [0.3, 0.4) is 0 Å². The minimum Gasteiger partial charge on any atom is -0.344 e. The normalized spacial score (nSPS) is 13.7. The summed E-state index contributed by atoms with van der Waals surface area (Å²) < 4.78 is 4.11. The molecule has 3 heterocycles. The van der Waals surface area contributed by atoms with Gasteiger partial charge in [0.15, 0.2) is 5.82 Å². The number of nitrogens with zero attached hydrogens (tertiary/aromatic N) is 5. The Hall–Kier alpha value is -2.89. The van der Waals surface area contributed by atoms with Crippen molar-refractivity contribution < 1.29 is 4.79 Å². The number of amides is 1. The van der Waals surface area contributed by atoms with Crippen LogP contribution < -0.4 is 0 Å². The number of rotatable bonds is 4. The minimum absolute atomic E-state index is 0.0562. The van der Waals surface area contributed by atoms with Crippen LogP contribution >= 0.6 is 0 Å². The van der Waals surface area contributed by atoms with Crippen molar-refractivity contribution in [1.82, 2.24) is 24.2 Å². The van der Waals surface area contributed by atoms with E-state index >= 15 is 0 Å². The van der Waals surface area contributed by atoms with E-state index in [-0.39, 0.29) is 5.91 Å². The second-order valence-corrected chi connectivity index (χ2v) is 6.82. The highest BCUT2D eigenvalue weighted by atomic mass is 16.2. The number of benzene rings is 1. The Morgan fingerprint density at radius 2 is 1.85 bits per heavy atom. The zero-order valence-electron chi connectivity index (χ0n) is 15.2. The first kappa shape index (κ1) is 16.6. The molecular weight excluding hydrogens is 326 g/mol. The molecule has 0 atom stereocenters. The van der Waals surface area contributed by atoms with Crippen LogP contribution in [0, 0.1) is 6.92 Å². The maximum absolute atomic E-state index is 12.8. The number of hydrogen-bond donors (Lipinski definition) is 0.